The van der Waals surface area contributed by atoms with Crippen molar-refractivity contribution in [3.05, 3.63) is 21.7 Å². The molecule has 0 spiro atoms. The van der Waals surface area contributed by atoms with Crippen LogP contribution in [0.2, 0.25) is 0 Å². The summed E-state index contributed by atoms with van der Waals surface area (Å²) in [6.45, 7) is 3.18. The zero-order valence-electron chi connectivity index (χ0n) is 7.46. The van der Waals surface area contributed by atoms with Gasteiger partial charge < -0.3 is 9.63 Å². The maximum atomic E-state index is 11.1. The molecule has 0 amide bonds. The molecule has 1 aromatic rings. The topological polar surface area (TPSA) is 83.3 Å². The largest absolute Gasteiger partial charge is 0.481 e. The van der Waals surface area contributed by atoms with Gasteiger partial charge in [0.2, 0.25) is 0 Å². The fraction of sp³-hybridized carbons (Fsp3) is 0.500. The van der Waals surface area contributed by atoms with Gasteiger partial charge in [0.15, 0.2) is 0 Å². The minimum absolute atomic E-state index is 0.201. The van der Waals surface area contributed by atoms with Gasteiger partial charge in [0.05, 0.1) is 11.5 Å². The summed E-state index contributed by atoms with van der Waals surface area (Å²) >= 11 is 0. The van der Waals surface area contributed by atoms with Crippen LogP contribution in [-0.2, 0) is 11.2 Å². The third kappa shape index (κ3) is 1.99. The quantitative estimate of drug-likeness (QED) is 0.719. The molecule has 5 nitrogen and oxygen atoms in total. The highest BCUT2D eigenvalue weighted by molar-refractivity contribution is 5.69. The van der Waals surface area contributed by atoms with E-state index in [2.05, 4.69) is 5.16 Å². The molecule has 0 fully saturated rings. The first-order valence-corrected chi connectivity index (χ1v) is 3.92. The highest BCUT2D eigenvalue weighted by atomic mass is 16.5. The van der Waals surface area contributed by atoms with Crippen LogP contribution in [0.4, 0.5) is 0 Å². The third-order valence-corrected chi connectivity index (χ3v) is 1.93. The molecule has 2 N–H and O–H groups in total. The predicted molar refractivity (Wildman–Crippen MR) is 44.6 cm³/mol. The molecular formula is C8H11NO4. The standard InChI is InChI=1S/C8H11NO4/c1-4(8(11)12)3-6-5(2)13-9-7(6)10/h4H,3H2,1-2H3,(H,9,10)(H,11,12)/t4-/m1/s1. The molecule has 0 bridgehead atoms. The normalized spacial score (nSPS) is 12.8. The minimum Gasteiger partial charge on any atom is -0.481 e. The summed E-state index contributed by atoms with van der Waals surface area (Å²) in [7, 11) is 0. The van der Waals surface area contributed by atoms with Gasteiger partial charge in [0.1, 0.15) is 5.76 Å². The van der Waals surface area contributed by atoms with Crippen molar-refractivity contribution in [1.29, 1.82) is 0 Å². The summed E-state index contributed by atoms with van der Waals surface area (Å²) in [5.41, 5.74) is 0.0699. The average Bonchev–Trinajstić information content (AvgIpc) is 2.35. The van der Waals surface area contributed by atoms with Gasteiger partial charge >= 0.3 is 5.97 Å². The van der Waals surface area contributed by atoms with E-state index in [9.17, 15) is 9.59 Å². The van der Waals surface area contributed by atoms with Crippen molar-refractivity contribution in [2.24, 2.45) is 5.92 Å². The molecule has 1 heterocycles. The second-order valence-electron chi connectivity index (χ2n) is 3.01. The number of carboxylic acids is 1. The summed E-state index contributed by atoms with van der Waals surface area (Å²) in [4.78, 5) is 21.6. The minimum atomic E-state index is -0.917. The van der Waals surface area contributed by atoms with E-state index in [0.717, 1.165) is 0 Å². The van der Waals surface area contributed by atoms with Crippen molar-refractivity contribution in [3.8, 4) is 0 Å². The first-order valence-electron chi connectivity index (χ1n) is 3.92. The summed E-state index contributed by atoms with van der Waals surface area (Å²) in [6, 6.07) is 0. The highest BCUT2D eigenvalue weighted by Gasteiger charge is 2.17. The number of rotatable bonds is 3. The van der Waals surface area contributed by atoms with Gasteiger partial charge in [-0.1, -0.05) is 6.92 Å². The molecule has 5 heteroatoms. The summed E-state index contributed by atoms with van der Waals surface area (Å²) in [5, 5.41) is 10.8. The Bertz CT molecular complexity index is 362. The van der Waals surface area contributed by atoms with E-state index < -0.39 is 11.9 Å². The van der Waals surface area contributed by atoms with Gasteiger partial charge in [0, 0.05) is 0 Å². The lowest BCUT2D eigenvalue weighted by Crippen LogP contribution is -2.17. The molecule has 0 aromatic carbocycles. The lowest BCUT2D eigenvalue weighted by molar-refractivity contribution is -0.141. The van der Waals surface area contributed by atoms with Crippen molar-refractivity contribution >= 4 is 5.97 Å². The Hall–Kier alpha value is -1.52. The fourth-order valence-electron chi connectivity index (χ4n) is 1.04. The Morgan fingerprint density at radius 1 is 1.69 bits per heavy atom. The molecule has 0 aliphatic carbocycles. The van der Waals surface area contributed by atoms with Gasteiger partial charge in [0.25, 0.3) is 5.56 Å². The molecule has 0 saturated carbocycles. The van der Waals surface area contributed by atoms with Crippen LogP contribution in [-0.4, -0.2) is 16.2 Å². The first-order chi connectivity index (χ1) is 6.02. The molecule has 13 heavy (non-hydrogen) atoms. The van der Waals surface area contributed by atoms with Gasteiger partial charge in [-0.05, 0) is 13.3 Å². The lowest BCUT2D eigenvalue weighted by atomic mass is 10.0. The Balaban J connectivity index is 2.85. The van der Waals surface area contributed by atoms with E-state index in [4.69, 9.17) is 9.63 Å². The van der Waals surface area contributed by atoms with Gasteiger partial charge in [-0.3, -0.25) is 9.59 Å². The molecule has 1 aromatic heterocycles. The SMILES string of the molecule is Cc1o[nH]c(=O)c1C[C@@H](C)C(=O)O. The second-order valence-corrected chi connectivity index (χ2v) is 3.01. The zero-order chi connectivity index (χ0) is 10.0. The van der Waals surface area contributed by atoms with E-state index in [1.807, 2.05) is 0 Å². The van der Waals surface area contributed by atoms with Crippen molar-refractivity contribution in [3.63, 3.8) is 0 Å². The van der Waals surface area contributed by atoms with Gasteiger partial charge in [-0.15, -0.1) is 0 Å². The summed E-state index contributed by atoms with van der Waals surface area (Å²) in [5.74, 6) is -1.03. The molecule has 0 saturated heterocycles. The number of aromatic amines is 1. The van der Waals surface area contributed by atoms with Crippen molar-refractivity contribution in [2.45, 2.75) is 20.3 Å². The Labute approximate surface area is 74.3 Å². The monoisotopic (exact) mass is 185 g/mol. The van der Waals surface area contributed by atoms with Gasteiger partial charge in [-0.25, -0.2) is 0 Å². The molecule has 0 aliphatic rings. The van der Waals surface area contributed by atoms with Gasteiger partial charge in [-0.2, -0.15) is 5.16 Å². The number of hydrogen-bond acceptors (Lipinski definition) is 3. The third-order valence-electron chi connectivity index (χ3n) is 1.93. The molecule has 1 atom stereocenters. The number of carboxylic acid groups (broad SMARTS) is 1. The van der Waals surface area contributed by atoms with Crippen LogP contribution in [0.15, 0.2) is 9.32 Å². The number of H-pyrrole nitrogens is 1. The summed E-state index contributed by atoms with van der Waals surface area (Å²) in [6.07, 6.45) is 0.201. The average molecular weight is 185 g/mol. The number of hydrogen-bond donors (Lipinski definition) is 2. The smallest absolute Gasteiger partial charge is 0.306 e. The molecule has 1 rings (SSSR count). The molecule has 72 valence electrons. The molecular weight excluding hydrogens is 174 g/mol. The lowest BCUT2D eigenvalue weighted by Gasteiger charge is -2.02. The van der Waals surface area contributed by atoms with Crippen LogP contribution in [0.25, 0.3) is 0 Å². The Kier molecular flexibility index (Phi) is 2.55. The number of aromatic nitrogens is 1. The number of carbonyl (C=O) groups is 1. The van der Waals surface area contributed by atoms with Crippen LogP contribution in [0.3, 0.4) is 0 Å². The zero-order valence-corrected chi connectivity index (χ0v) is 7.46. The highest BCUT2D eigenvalue weighted by Crippen LogP contribution is 2.08. The van der Waals surface area contributed by atoms with E-state index in [0.29, 0.717) is 11.3 Å². The van der Waals surface area contributed by atoms with Crippen LogP contribution in [0.1, 0.15) is 18.2 Å². The summed E-state index contributed by atoms with van der Waals surface area (Å²) < 4.78 is 4.75. The van der Waals surface area contributed by atoms with Crippen molar-refractivity contribution in [1.82, 2.24) is 5.16 Å². The molecule has 0 unspecified atom stereocenters. The van der Waals surface area contributed by atoms with E-state index >= 15 is 0 Å². The number of aryl methyl sites for hydroxylation is 1. The predicted octanol–water partition coefficient (Wildman–Crippen LogP) is 0.540. The Morgan fingerprint density at radius 2 is 2.31 bits per heavy atom. The maximum Gasteiger partial charge on any atom is 0.306 e. The van der Waals surface area contributed by atoms with Crippen molar-refractivity contribution < 1.29 is 14.4 Å². The fourth-order valence-corrected chi connectivity index (χ4v) is 1.04. The van der Waals surface area contributed by atoms with Crippen LogP contribution < -0.4 is 5.56 Å². The first kappa shape index (κ1) is 9.57. The van der Waals surface area contributed by atoms with E-state index in [1.54, 1.807) is 13.8 Å². The second kappa shape index (κ2) is 3.47. The van der Waals surface area contributed by atoms with Crippen molar-refractivity contribution in [2.75, 3.05) is 0 Å². The van der Waals surface area contributed by atoms with Crippen LogP contribution in [0.5, 0.6) is 0 Å². The Morgan fingerprint density at radius 3 is 2.69 bits per heavy atom. The molecule has 0 radical (unpaired) electrons. The van der Waals surface area contributed by atoms with Crippen LogP contribution >= 0.6 is 0 Å². The van der Waals surface area contributed by atoms with E-state index in [-0.39, 0.29) is 12.0 Å². The number of nitrogens with one attached hydrogen (secondary N) is 1. The number of aliphatic carboxylic acids is 1. The van der Waals surface area contributed by atoms with E-state index in [1.165, 1.54) is 0 Å². The van der Waals surface area contributed by atoms with Crippen LogP contribution in [0, 0.1) is 12.8 Å². The maximum absolute atomic E-state index is 11.1. The molecule has 0 aliphatic heterocycles.